The summed E-state index contributed by atoms with van der Waals surface area (Å²) >= 11 is 0.917. The minimum absolute atomic E-state index is 0.143. The van der Waals surface area contributed by atoms with Crippen LogP contribution in [0.3, 0.4) is 0 Å². The average Bonchev–Trinajstić information content (AvgIpc) is 2.65. The number of aromatic nitrogens is 2. The highest BCUT2D eigenvalue weighted by Crippen LogP contribution is 2.18. The first kappa shape index (κ1) is 8.96. The first-order chi connectivity index (χ1) is 6.79. The van der Waals surface area contributed by atoms with E-state index in [9.17, 15) is 4.79 Å². The summed E-state index contributed by atoms with van der Waals surface area (Å²) in [6.07, 6.45) is 0. The second-order valence-electron chi connectivity index (χ2n) is 2.67. The highest BCUT2D eigenvalue weighted by atomic mass is 32.1. The second-order valence-corrected chi connectivity index (χ2v) is 3.41. The van der Waals surface area contributed by atoms with Crippen molar-refractivity contribution < 1.29 is 4.74 Å². The van der Waals surface area contributed by atoms with Gasteiger partial charge in [-0.25, -0.2) is 0 Å². The molecule has 1 aromatic carbocycles. The molecule has 0 atom stereocenters. The highest BCUT2D eigenvalue weighted by molar-refractivity contribution is 7.03. The Kier molecular flexibility index (Phi) is 2.32. The van der Waals surface area contributed by atoms with Crippen molar-refractivity contribution in [1.82, 2.24) is 9.36 Å². The molecule has 2 aromatic rings. The molecule has 14 heavy (non-hydrogen) atoms. The smallest absolute Gasteiger partial charge is 0.323 e. The van der Waals surface area contributed by atoms with Crippen LogP contribution in [0.1, 0.15) is 0 Å². The normalized spacial score (nSPS) is 10.1. The Morgan fingerprint density at radius 3 is 2.57 bits per heavy atom. The van der Waals surface area contributed by atoms with Crippen LogP contribution in [0.2, 0.25) is 0 Å². The lowest BCUT2D eigenvalue weighted by Gasteiger charge is -1.99. The summed E-state index contributed by atoms with van der Waals surface area (Å²) in [5, 5.41) is 0. The second kappa shape index (κ2) is 3.63. The van der Waals surface area contributed by atoms with E-state index in [1.807, 2.05) is 24.3 Å². The third-order valence-electron chi connectivity index (χ3n) is 1.80. The highest BCUT2D eigenvalue weighted by Gasteiger charge is 2.01. The Morgan fingerprint density at radius 2 is 2.07 bits per heavy atom. The molecule has 72 valence electrons. The molecule has 4 nitrogen and oxygen atoms in total. The fourth-order valence-electron chi connectivity index (χ4n) is 1.10. The topological polar surface area (TPSA) is 55.0 Å². The number of methoxy groups -OCH3 is 1. The largest absolute Gasteiger partial charge is 0.497 e. The van der Waals surface area contributed by atoms with Crippen LogP contribution in [0.15, 0.2) is 29.1 Å². The molecular formula is C9H8N2O2S. The maximum Gasteiger partial charge on any atom is 0.323 e. The number of aromatic amines is 1. The maximum absolute atomic E-state index is 10.9. The summed E-state index contributed by atoms with van der Waals surface area (Å²) in [6.45, 7) is 0. The van der Waals surface area contributed by atoms with Gasteiger partial charge in [0.05, 0.1) is 7.11 Å². The monoisotopic (exact) mass is 208 g/mol. The van der Waals surface area contributed by atoms with Crippen molar-refractivity contribution in [3.05, 3.63) is 33.9 Å². The average molecular weight is 208 g/mol. The summed E-state index contributed by atoms with van der Waals surface area (Å²) in [6, 6.07) is 7.35. The van der Waals surface area contributed by atoms with Gasteiger partial charge in [-0.1, -0.05) is 0 Å². The number of nitrogens with one attached hydrogen (secondary N) is 1. The standard InChI is InChI=1S/C9H8N2O2S/c1-13-7-4-2-6(3-5-7)8-10-9(12)14-11-8/h2-5H,1H3,(H,10,11,12). The van der Waals surface area contributed by atoms with Gasteiger partial charge >= 0.3 is 4.87 Å². The lowest BCUT2D eigenvalue weighted by molar-refractivity contribution is 0.415. The van der Waals surface area contributed by atoms with Gasteiger partial charge in [0, 0.05) is 17.1 Å². The number of H-pyrrole nitrogens is 1. The van der Waals surface area contributed by atoms with Crippen LogP contribution in [-0.2, 0) is 0 Å². The van der Waals surface area contributed by atoms with Crippen molar-refractivity contribution in [3.8, 4) is 17.1 Å². The van der Waals surface area contributed by atoms with Gasteiger partial charge in [-0.05, 0) is 24.3 Å². The number of hydrogen-bond acceptors (Lipinski definition) is 4. The van der Waals surface area contributed by atoms with Crippen molar-refractivity contribution in [2.24, 2.45) is 0 Å². The number of nitrogens with zero attached hydrogens (tertiary/aromatic N) is 1. The van der Waals surface area contributed by atoms with Crippen LogP contribution < -0.4 is 9.61 Å². The van der Waals surface area contributed by atoms with Crippen LogP contribution in [0.4, 0.5) is 0 Å². The number of benzene rings is 1. The Hall–Kier alpha value is -1.62. The van der Waals surface area contributed by atoms with Crippen LogP contribution in [0.25, 0.3) is 11.4 Å². The minimum Gasteiger partial charge on any atom is -0.497 e. The van der Waals surface area contributed by atoms with Gasteiger partial charge in [0.1, 0.15) is 5.75 Å². The molecule has 0 radical (unpaired) electrons. The zero-order valence-electron chi connectivity index (χ0n) is 7.48. The quantitative estimate of drug-likeness (QED) is 0.813. The molecule has 2 rings (SSSR count). The molecule has 0 fully saturated rings. The molecule has 0 aliphatic heterocycles. The summed E-state index contributed by atoms with van der Waals surface area (Å²) in [5.74, 6) is 1.38. The van der Waals surface area contributed by atoms with Crippen LogP contribution in [0, 0.1) is 0 Å². The molecule has 0 saturated heterocycles. The van der Waals surface area contributed by atoms with Crippen molar-refractivity contribution in [1.29, 1.82) is 0 Å². The van der Waals surface area contributed by atoms with Crippen molar-refractivity contribution in [2.45, 2.75) is 0 Å². The summed E-state index contributed by atoms with van der Waals surface area (Å²) in [7, 11) is 1.61. The number of ether oxygens (including phenoxy) is 1. The number of rotatable bonds is 2. The zero-order valence-corrected chi connectivity index (χ0v) is 8.30. The van der Waals surface area contributed by atoms with Gasteiger partial charge in [-0.3, -0.25) is 9.78 Å². The van der Waals surface area contributed by atoms with Crippen molar-refractivity contribution in [2.75, 3.05) is 7.11 Å². The fraction of sp³-hybridized carbons (Fsp3) is 0.111. The molecule has 0 spiro atoms. The van der Waals surface area contributed by atoms with Gasteiger partial charge < -0.3 is 4.74 Å². The van der Waals surface area contributed by atoms with E-state index in [1.165, 1.54) is 0 Å². The van der Waals surface area contributed by atoms with E-state index >= 15 is 0 Å². The number of hydrogen-bond donors (Lipinski definition) is 1. The predicted molar refractivity (Wildman–Crippen MR) is 54.7 cm³/mol. The lowest BCUT2D eigenvalue weighted by Crippen LogP contribution is -1.92. The van der Waals surface area contributed by atoms with Crippen LogP contribution in [-0.4, -0.2) is 16.5 Å². The van der Waals surface area contributed by atoms with E-state index in [0.717, 1.165) is 22.8 Å². The van der Waals surface area contributed by atoms with Crippen LogP contribution in [0.5, 0.6) is 5.75 Å². The van der Waals surface area contributed by atoms with E-state index < -0.39 is 0 Å². The van der Waals surface area contributed by atoms with Crippen molar-refractivity contribution in [3.63, 3.8) is 0 Å². The molecule has 1 heterocycles. The maximum atomic E-state index is 10.9. The van der Waals surface area contributed by atoms with Crippen molar-refractivity contribution >= 4 is 11.5 Å². The third kappa shape index (κ3) is 1.67. The summed E-state index contributed by atoms with van der Waals surface area (Å²) in [4.78, 5) is 13.4. The summed E-state index contributed by atoms with van der Waals surface area (Å²) < 4.78 is 8.99. The third-order valence-corrected chi connectivity index (χ3v) is 2.35. The zero-order chi connectivity index (χ0) is 9.97. The Bertz CT molecular complexity index is 472. The molecule has 0 aliphatic rings. The fourth-order valence-corrected chi connectivity index (χ4v) is 1.57. The van der Waals surface area contributed by atoms with Gasteiger partial charge in [0.15, 0.2) is 5.82 Å². The lowest BCUT2D eigenvalue weighted by atomic mass is 10.2. The first-order valence-electron chi connectivity index (χ1n) is 4.00. The molecule has 0 bridgehead atoms. The van der Waals surface area contributed by atoms with Crippen LogP contribution >= 0.6 is 11.5 Å². The van der Waals surface area contributed by atoms with Gasteiger partial charge in [-0.15, -0.1) is 0 Å². The Labute approximate surface area is 84.3 Å². The van der Waals surface area contributed by atoms with Gasteiger partial charge in [0.25, 0.3) is 0 Å². The molecule has 0 unspecified atom stereocenters. The minimum atomic E-state index is -0.143. The molecule has 0 amide bonds. The van der Waals surface area contributed by atoms with E-state index in [0.29, 0.717) is 5.82 Å². The molecule has 5 heteroatoms. The van der Waals surface area contributed by atoms with E-state index in [4.69, 9.17) is 4.74 Å². The van der Waals surface area contributed by atoms with Gasteiger partial charge in [-0.2, -0.15) is 4.37 Å². The van der Waals surface area contributed by atoms with E-state index in [1.54, 1.807) is 7.11 Å². The molecule has 0 aliphatic carbocycles. The Balaban J connectivity index is 2.38. The Morgan fingerprint density at radius 1 is 1.36 bits per heavy atom. The van der Waals surface area contributed by atoms with E-state index in [-0.39, 0.29) is 4.87 Å². The summed E-state index contributed by atoms with van der Waals surface area (Å²) in [5.41, 5.74) is 0.879. The predicted octanol–water partition coefficient (Wildman–Crippen LogP) is 1.51. The first-order valence-corrected chi connectivity index (χ1v) is 4.77. The molecule has 1 N–H and O–H groups in total. The van der Waals surface area contributed by atoms with Gasteiger partial charge in [0.2, 0.25) is 0 Å². The SMILES string of the molecule is COc1ccc(-c2nsc(=O)[nH]2)cc1. The molecule has 0 saturated carbocycles. The molecular weight excluding hydrogens is 200 g/mol. The molecule has 1 aromatic heterocycles. The van der Waals surface area contributed by atoms with E-state index in [2.05, 4.69) is 9.36 Å².